The molecule has 0 saturated carbocycles. The fraction of sp³-hybridized carbons (Fsp3) is 0. The van der Waals surface area contributed by atoms with Crippen molar-refractivity contribution in [2.75, 3.05) is 0 Å². The van der Waals surface area contributed by atoms with Crippen LogP contribution in [-0.2, 0) is 0 Å². The van der Waals surface area contributed by atoms with Gasteiger partial charge in [0, 0.05) is 9.77 Å². The van der Waals surface area contributed by atoms with Crippen LogP contribution < -0.4 is 0 Å². The summed E-state index contributed by atoms with van der Waals surface area (Å²) in [6.45, 7) is 0. The van der Waals surface area contributed by atoms with Crippen molar-refractivity contribution < 1.29 is 15.0 Å². The van der Waals surface area contributed by atoms with Gasteiger partial charge < -0.3 is 10.2 Å². The van der Waals surface area contributed by atoms with Crippen molar-refractivity contribution in [3.05, 3.63) is 21.5 Å². The van der Waals surface area contributed by atoms with Crippen LogP contribution in [-0.4, -0.2) is 21.2 Å². The van der Waals surface area contributed by atoms with Gasteiger partial charge in [0.15, 0.2) is 5.69 Å². The zero-order valence-corrected chi connectivity index (χ0v) is 7.44. The number of hydrogen-bond acceptors (Lipinski definition) is 3. The van der Waals surface area contributed by atoms with Crippen LogP contribution in [0.25, 0.3) is 0 Å². The zero-order valence-electron chi connectivity index (χ0n) is 5.28. The Kier molecular flexibility index (Phi) is 2.28. The summed E-state index contributed by atoms with van der Waals surface area (Å²) >= 11 is 1.93. The first-order valence-corrected chi connectivity index (χ1v) is 3.77. The van der Waals surface area contributed by atoms with Crippen molar-refractivity contribution in [2.24, 2.45) is 0 Å². The van der Waals surface area contributed by atoms with E-state index in [4.69, 9.17) is 10.2 Å². The maximum Gasteiger partial charge on any atom is 0.358 e. The smallest absolute Gasteiger partial charge is 0.358 e. The van der Waals surface area contributed by atoms with Crippen LogP contribution in [0.4, 0.5) is 0 Å². The standard InChI is InChI=1S/C6H4INO3/c7-3-1-4(9)5(6(10)11)8-2-3/h1-2,9H,(H,10,11). The Morgan fingerprint density at radius 3 is 2.73 bits per heavy atom. The molecule has 0 atom stereocenters. The van der Waals surface area contributed by atoms with Crippen molar-refractivity contribution in [3.8, 4) is 5.75 Å². The summed E-state index contributed by atoms with van der Waals surface area (Å²) < 4.78 is 0.699. The monoisotopic (exact) mass is 265 g/mol. The average Bonchev–Trinajstić information content (AvgIpc) is 1.85. The minimum absolute atomic E-state index is 0.301. The lowest BCUT2D eigenvalue weighted by molar-refractivity contribution is 0.0687. The van der Waals surface area contributed by atoms with Gasteiger partial charge in [-0.3, -0.25) is 0 Å². The SMILES string of the molecule is O=C(O)c1ncc(I)cc1O. The number of pyridine rings is 1. The molecule has 2 N–H and O–H groups in total. The Hall–Kier alpha value is -0.850. The summed E-state index contributed by atoms with van der Waals surface area (Å²) in [6, 6.07) is 1.34. The second-order valence-corrected chi connectivity index (χ2v) is 3.07. The molecule has 4 nitrogen and oxygen atoms in total. The molecule has 0 unspecified atom stereocenters. The minimum atomic E-state index is -1.22. The quantitative estimate of drug-likeness (QED) is 0.745. The lowest BCUT2D eigenvalue weighted by Crippen LogP contribution is -2.00. The van der Waals surface area contributed by atoms with E-state index < -0.39 is 5.97 Å². The molecule has 0 bridgehead atoms. The van der Waals surface area contributed by atoms with E-state index >= 15 is 0 Å². The highest BCUT2D eigenvalue weighted by molar-refractivity contribution is 14.1. The largest absolute Gasteiger partial charge is 0.505 e. The van der Waals surface area contributed by atoms with Gasteiger partial charge in [-0.15, -0.1) is 0 Å². The van der Waals surface area contributed by atoms with Crippen LogP contribution in [0.2, 0.25) is 0 Å². The van der Waals surface area contributed by atoms with E-state index in [0.29, 0.717) is 3.57 Å². The second kappa shape index (κ2) is 3.04. The van der Waals surface area contributed by atoms with Crippen LogP contribution in [0, 0.1) is 3.57 Å². The Balaban J connectivity index is 3.20. The third-order valence-corrected chi connectivity index (χ3v) is 1.63. The number of carboxylic acids is 1. The normalized spacial score (nSPS) is 9.55. The first kappa shape index (κ1) is 8.25. The molecular formula is C6H4INO3. The third kappa shape index (κ3) is 1.79. The van der Waals surface area contributed by atoms with Gasteiger partial charge in [0.25, 0.3) is 0 Å². The molecule has 0 spiro atoms. The summed E-state index contributed by atoms with van der Waals surface area (Å²) in [6.07, 6.45) is 1.38. The van der Waals surface area contributed by atoms with Crippen LogP contribution in [0.3, 0.4) is 0 Å². The molecule has 0 radical (unpaired) electrons. The first-order chi connectivity index (χ1) is 5.11. The maximum absolute atomic E-state index is 10.3. The van der Waals surface area contributed by atoms with Gasteiger partial charge >= 0.3 is 5.97 Å². The third-order valence-electron chi connectivity index (χ3n) is 1.04. The molecule has 0 aliphatic carbocycles. The number of nitrogens with zero attached hydrogens (tertiary/aromatic N) is 1. The molecule has 0 aromatic carbocycles. The Morgan fingerprint density at radius 2 is 2.27 bits per heavy atom. The number of rotatable bonds is 1. The van der Waals surface area contributed by atoms with E-state index in [1.54, 1.807) is 0 Å². The van der Waals surface area contributed by atoms with Crippen LogP contribution >= 0.6 is 22.6 Å². The summed E-state index contributed by atoms with van der Waals surface area (Å²) in [7, 11) is 0. The van der Waals surface area contributed by atoms with Gasteiger partial charge in [0.05, 0.1) is 0 Å². The van der Waals surface area contributed by atoms with Crippen molar-refractivity contribution in [1.29, 1.82) is 0 Å². The van der Waals surface area contributed by atoms with Gasteiger partial charge in [0.2, 0.25) is 0 Å². The van der Waals surface area contributed by atoms with Crippen LogP contribution in [0.1, 0.15) is 10.5 Å². The van der Waals surface area contributed by atoms with Crippen LogP contribution in [0.5, 0.6) is 5.75 Å². The molecule has 58 valence electrons. The molecule has 0 aliphatic rings. The van der Waals surface area contributed by atoms with Gasteiger partial charge in [0.1, 0.15) is 5.75 Å². The number of aromatic carboxylic acids is 1. The summed E-state index contributed by atoms with van der Waals surface area (Å²) in [5.41, 5.74) is -0.314. The molecule has 1 rings (SSSR count). The first-order valence-electron chi connectivity index (χ1n) is 2.69. The summed E-state index contributed by atoms with van der Waals surface area (Å²) in [5.74, 6) is -1.52. The predicted molar refractivity (Wildman–Crippen MR) is 45.6 cm³/mol. The van der Waals surface area contributed by atoms with E-state index in [9.17, 15) is 4.79 Å². The number of carbonyl (C=O) groups is 1. The van der Waals surface area contributed by atoms with E-state index in [2.05, 4.69) is 4.98 Å². The number of carboxylic acid groups (broad SMARTS) is 1. The lowest BCUT2D eigenvalue weighted by Gasteiger charge is -1.96. The Morgan fingerprint density at radius 1 is 1.64 bits per heavy atom. The van der Waals surface area contributed by atoms with E-state index in [1.165, 1.54) is 12.3 Å². The molecule has 1 heterocycles. The molecule has 1 aromatic rings. The topological polar surface area (TPSA) is 70.4 Å². The molecule has 11 heavy (non-hydrogen) atoms. The number of aromatic hydroxyl groups is 1. The summed E-state index contributed by atoms with van der Waals surface area (Å²) in [4.78, 5) is 13.8. The predicted octanol–water partition coefficient (Wildman–Crippen LogP) is 1.09. The van der Waals surface area contributed by atoms with Gasteiger partial charge in [-0.1, -0.05) is 0 Å². The molecule has 5 heteroatoms. The number of aromatic nitrogens is 1. The number of hydrogen-bond donors (Lipinski definition) is 2. The highest BCUT2D eigenvalue weighted by Gasteiger charge is 2.10. The molecule has 0 saturated heterocycles. The molecule has 0 aliphatic heterocycles. The van der Waals surface area contributed by atoms with Crippen molar-refractivity contribution in [1.82, 2.24) is 4.98 Å². The van der Waals surface area contributed by atoms with E-state index in [-0.39, 0.29) is 11.4 Å². The Labute approximate surface area is 76.0 Å². The van der Waals surface area contributed by atoms with Crippen molar-refractivity contribution in [2.45, 2.75) is 0 Å². The fourth-order valence-corrected chi connectivity index (χ4v) is 1.03. The minimum Gasteiger partial charge on any atom is -0.505 e. The molecule has 0 fully saturated rings. The van der Waals surface area contributed by atoms with E-state index in [0.717, 1.165) is 0 Å². The maximum atomic E-state index is 10.3. The lowest BCUT2D eigenvalue weighted by atomic mass is 10.3. The van der Waals surface area contributed by atoms with Crippen molar-refractivity contribution in [3.63, 3.8) is 0 Å². The van der Waals surface area contributed by atoms with Crippen molar-refractivity contribution >= 4 is 28.6 Å². The van der Waals surface area contributed by atoms with Crippen LogP contribution in [0.15, 0.2) is 12.3 Å². The van der Waals surface area contributed by atoms with E-state index in [1.807, 2.05) is 22.6 Å². The summed E-state index contributed by atoms with van der Waals surface area (Å²) in [5, 5.41) is 17.4. The van der Waals surface area contributed by atoms with Gasteiger partial charge in [-0.2, -0.15) is 0 Å². The average molecular weight is 265 g/mol. The fourth-order valence-electron chi connectivity index (χ4n) is 0.593. The second-order valence-electron chi connectivity index (χ2n) is 1.83. The molecular weight excluding hydrogens is 261 g/mol. The zero-order chi connectivity index (χ0) is 8.43. The highest BCUT2D eigenvalue weighted by Crippen LogP contribution is 2.16. The molecule has 0 amide bonds. The van der Waals surface area contributed by atoms with Gasteiger partial charge in [-0.25, -0.2) is 9.78 Å². The highest BCUT2D eigenvalue weighted by atomic mass is 127. The van der Waals surface area contributed by atoms with Gasteiger partial charge in [-0.05, 0) is 28.7 Å². The Bertz CT molecular complexity index is 300. The molecule has 1 aromatic heterocycles. The number of halogens is 1.